The van der Waals surface area contributed by atoms with E-state index in [0.29, 0.717) is 11.9 Å². The number of anilines is 1. The predicted octanol–water partition coefficient (Wildman–Crippen LogP) is 3.09. The van der Waals surface area contributed by atoms with E-state index in [-0.39, 0.29) is 6.10 Å². The average molecular weight is 263 g/mol. The molecule has 0 radical (unpaired) electrons. The van der Waals surface area contributed by atoms with Gasteiger partial charge in [0.05, 0.1) is 0 Å². The number of nitrogens with one attached hydrogen (secondary N) is 1. The molecule has 0 bridgehead atoms. The molecule has 1 heterocycles. The predicted molar refractivity (Wildman–Crippen MR) is 74.0 cm³/mol. The highest BCUT2D eigenvalue weighted by molar-refractivity contribution is 7.09. The second-order valence-electron chi connectivity index (χ2n) is 4.28. The Balaban J connectivity index is 2.20. The van der Waals surface area contributed by atoms with Crippen molar-refractivity contribution in [2.24, 2.45) is 0 Å². The first kappa shape index (κ1) is 13.0. The van der Waals surface area contributed by atoms with E-state index < -0.39 is 0 Å². The first-order valence-electron chi connectivity index (χ1n) is 5.88. The second kappa shape index (κ2) is 5.93. The molecule has 4 nitrogen and oxygen atoms in total. The van der Waals surface area contributed by atoms with E-state index in [4.69, 9.17) is 4.74 Å². The third kappa shape index (κ3) is 3.05. The van der Waals surface area contributed by atoms with Crippen LogP contribution in [0.15, 0.2) is 30.3 Å². The summed E-state index contributed by atoms with van der Waals surface area (Å²) in [5.74, 6) is 0.705. The minimum atomic E-state index is -0.204. The van der Waals surface area contributed by atoms with Crippen molar-refractivity contribution < 1.29 is 4.74 Å². The molecule has 0 aliphatic heterocycles. The SMILES string of the molecule is COC(c1ccccc1)c1nsc(NC(C)C)n1. The van der Waals surface area contributed by atoms with Gasteiger partial charge in [0.15, 0.2) is 5.82 Å². The Bertz CT molecular complexity index is 484. The van der Waals surface area contributed by atoms with Crippen LogP contribution in [0.25, 0.3) is 0 Å². The Morgan fingerprint density at radius 2 is 1.94 bits per heavy atom. The molecule has 0 amide bonds. The standard InChI is InChI=1S/C13H17N3OS/c1-9(2)14-13-15-12(16-18-13)11(17-3)10-7-5-4-6-8-10/h4-9,11H,1-3H3,(H,14,15,16). The summed E-state index contributed by atoms with van der Waals surface area (Å²) in [5, 5.41) is 4.08. The van der Waals surface area contributed by atoms with E-state index in [9.17, 15) is 0 Å². The minimum absolute atomic E-state index is 0.204. The maximum atomic E-state index is 5.49. The monoisotopic (exact) mass is 263 g/mol. The van der Waals surface area contributed by atoms with Gasteiger partial charge in [-0.2, -0.15) is 4.37 Å². The molecule has 0 spiro atoms. The van der Waals surface area contributed by atoms with E-state index in [0.717, 1.165) is 10.7 Å². The van der Waals surface area contributed by atoms with Crippen molar-refractivity contribution in [1.82, 2.24) is 9.36 Å². The molecule has 0 aliphatic carbocycles. The highest BCUT2D eigenvalue weighted by Gasteiger charge is 2.18. The van der Waals surface area contributed by atoms with Gasteiger partial charge < -0.3 is 10.1 Å². The number of nitrogens with zero attached hydrogens (tertiary/aromatic N) is 2. The van der Waals surface area contributed by atoms with Crippen LogP contribution in [0, 0.1) is 0 Å². The van der Waals surface area contributed by atoms with E-state index >= 15 is 0 Å². The van der Waals surface area contributed by atoms with Crippen molar-refractivity contribution in [2.45, 2.75) is 26.0 Å². The van der Waals surface area contributed by atoms with Crippen molar-refractivity contribution >= 4 is 16.7 Å². The van der Waals surface area contributed by atoms with Crippen molar-refractivity contribution in [2.75, 3.05) is 12.4 Å². The van der Waals surface area contributed by atoms with Crippen LogP contribution in [0.1, 0.15) is 31.3 Å². The van der Waals surface area contributed by atoms with Crippen LogP contribution in [0.5, 0.6) is 0 Å². The summed E-state index contributed by atoms with van der Waals surface area (Å²) in [6, 6.07) is 10.3. The van der Waals surface area contributed by atoms with Gasteiger partial charge >= 0.3 is 0 Å². The first-order valence-corrected chi connectivity index (χ1v) is 6.66. The van der Waals surface area contributed by atoms with Crippen molar-refractivity contribution in [3.05, 3.63) is 41.7 Å². The van der Waals surface area contributed by atoms with Crippen LogP contribution < -0.4 is 5.32 Å². The number of ether oxygens (including phenoxy) is 1. The quantitative estimate of drug-likeness (QED) is 0.900. The normalized spacial score (nSPS) is 12.7. The van der Waals surface area contributed by atoms with Gasteiger partial charge in [0.2, 0.25) is 5.13 Å². The summed E-state index contributed by atoms with van der Waals surface area (Å²) in [6.07, 6.45) is -0.204. The smallest absolute Gasteiger partial charge is 0.202 e. The summed E-state index contributed by atoms with van der Waals surface area (Å²) in [6.45, 7) is 4.15. The Morgan fingerprint density at radius 1 is 1.22 bits per heavy atom. The summed E-state index contributed by atoms with van der Waals surface area (Å²) in [7, 11) is 1.67. The Labute approximate surface area is 111 Å². The summed E-state index contributed by atoms with van der Waals surface area (Å²) in [5.41, 5.74) is 1.06. The van der Waals surface area contributed by atoms with E-state index in [1.807, 2.05) is 30.3 Å². The number of hydrogen-bond donors (Lipinski definition) is 1. The molecule has 0 fully saturated rings. The van der Waals surface area contributed by atoms with Gasteiger partial charge in [-0.25, -0.2) is 4.98 Å². The molecule has 0 saturated carbocycles. The van der Waals surface area contributed by atoms with Gasteiger partial charge in [0.1, 0.15) is 6.10 Å². The molecule has 2 aromatic rings. The molecule has 5 heteroatoms. The molecular weight excluding hydrogens is 246 g/mol. The molecule has 96 valence electrons. The lowest BCUT2D eigenvalue weighted by molar-refractivity contribution is 0.130. The van der Waals surface area contributed by atoms with E-state index in [2.05, 4.69) is 28.5 Å². The molecule has 1 unspecified atom stereocenters. The fraction of sp³-hybridized carbons (Fsp3) is 0.385. The van der Waals surface area contributed by atoms with Crippen LogP contribution >= 0.6 is 11.5 Å². The van der Waals surface area contributed by atoms with Gasteiger partial charge in [-0.15, -0.1) is 0 Å². The van der Waals surface area contributed by atoms with Crippen LogP contribution in [-0.4, -0.2) is 22.5 Å². The lowest BCUT2D eigenvalue weighted by atomic mass is 10.1. The lowest BCUT2D eigenvalue weighted by Gasteiger charge is -2.11. The number of aromatic nitrogens is 2. The molecule has 0 saturated heterocycles. The number of methoxy groups -OCH3 is 1. The van der Waals surface area contributed by atoms with Crippen molar-refractivity contribution in [3.8, 4) is 0 Å². The zero-order valence-corrected chi connectivity index (χ0v) is 11.6. The highest BCUT2D eigenvalue weighted by atomic mass is 32.1. The highest BCUT2D eigenvalue weighted by Crippen LogP contribution is 2.25. The van der Waals surface area contributed by atoms with E-state index in [1.54, 1.807) is 7.11 Å². The fourth-order valence-corrected chi connectivity index (χ4v) is 2.40. The summed E-state index contributed by atoms with van der Waals surface area (Å²) in [4.78, 5) is 4.47. The third-order valence-corrected chi connectivity index (χ3v) is 3.09. The van der Waals surface area contributed by atoms with Crippen LogP contribution in [0.3, 0.4) is 0 Å². The molecular formula is C13H17N3OS. The fourth-order valence-electron chi connectivity index (χ4n) is 1.67. The molecule has 0 aliphatic rings. The molecule has 1 aromatic carbocycles. The molecule has 1 N–H and O–H groups in total. The molecule has 1 atom stereocenters. The minimum Gasteiger partial charge on any atom is -0.369 e. The maximum absolute atomic E-state index is 5.49. The van der Waals surface area contributed by atoms with E-state index in [1.165, 1.54) is 11.5 Å². The number of rotatable bonds is 5. The summed E-state index contributed by atoms with van der Waals surface area (Å²) < 4.78 is 9.85. The molecule has 18 heavy (non-hydrogen) atoms. The Hall–Kier alpha value is -1.46. The largest absolute Gasteiger partial charge is 0.369 e. The van der Waals surface area contributed by atoms with Gasteiger partial charge in [0, 0.05) is 24.7 Å². The second-order valence-corrected chi connectivity index (χ2v) is 5.04. The van der Waals surface area contributed by atoms with Gasteiger partial charge in [-0.1, -0.05) is 30.3 Å². The zero-order valence-electron chi connectivity index (χ0n) is 10.8. The summed E-state index contributed by atoms with van der Waals surface area (Å²) >= 11 is 1.36. The number of benzene rings is 1. The van der Waals surface area contributed by atoms with Crippen LogP contribution in [0.2, 0.25) is 0 Å². The molecule has 1 aromatic heterocycles. The van der Waals surface area contributed by atoms with Crippen molar-refractivity contribution in [1.29, 1.82) is 0 Å². The van der Waals surface area contributed by atoms with Crippen LogP contribution in [-0.2, 0) is 4.74 Å². The van der Waals surface area contributed by atoms with Gasteiger partial charge in [-0.3, -0.25) is 0 Å². The Morgan fingerprint density at radius 3 is 2.56 bits per heavy atom. The molecule has 2 rings (SSSR count). The van der Waals surface area contributed by atoms with Gasteiger partial charge in [0.25, 0.3) is 0 Å². The first-order chi connectivity index (χ1) is 8.70. The van der Waals surface area contributed by atoms with Crippen LogP contribution in [0.4, 0.5) is 5.13 Å². The van der Waals surface area contributed by atoms with Gasteiger partial charge in [-0.05, 0) is 19.4 Å². The average Bonchev–Trinajstić information content (AvgIpc) is 2.79. The maximum Gasteiger partial charge on any atom is 0.202 e. The lowest BCUT2D eigenvalue weighted by Crippen LogP contribution is -2.10. The zero-order chi connectivity index (χ0) is 13.0. The topological polar surface area (TPSA) is 47.0 Å². The number of hydrogen-bond acceptors (Lipinski definition) is 5. The van der Waals surface area contributed by atoms with Crippen molar-refractivity contribution in [3.63, 3.8) is 0 Å². The Kier molecular flexibility index (Phi) is 4.28. The third-order valence-electron chi connectivity index (χ3n) is 2.43.